The summed E-state index contributed by atoms with van der Waals surface area (Å²) in [4.78, 5) is 16.2. The molecule has 0 fully saturated rings. The monoisotopic (exact) mass is 281 g/mol. The van der Waals surface area contributed by atoms with Crippen molar-refractivity contribution in [3.8, 4) is 5.95 Å². The van der Waals surface area contributed by atoms with Crippen LogP contribution in [0.25, 0.3) is 5.95 Å². The number of rotatable bonds is 5. The molecule has 2 heterocycles. The fraction of sp³-hybridized carbons (Fsp3) is 0.545. The van der Waals surface area contributed by atoms with E-state index in [0.29, 0.717) is 11.9 Å². The predicted octanol–water partition coefficient (Wildman–Crippen LogP) is 2.10. The molecule has 1 N–H and O–H groups in total. The molecule has 0 bridgehead atoms. The maximum Gasteiger partial charge on any atom is 0.258 e. The Kier molecular flexibility index (Phi) is 3.94. The van der Waals surface area contributed by atoms with Gasteiger partial charge in [0.2, 0.25) is 11.2 Å². The molecule has 0 atom stereocenters. The first-order chi connectivity index (χ1) is 9.00. The number of nitrogens with zero attached hydrogens (tertiary/aromatic N) is 6. The third-order valence-corrected chi connectivity index (χ3v) is 2.71. The summed E-state index contributed by atoms with van der Waals surface area (Å²) >= 11 is 5.91. The molecule has 2 rings (SSSR count). The van der Waals surface area contributed by atoms with E-state index in [0.717, 1.165) is 12.8 Å². The highest BCUT2D eigenvalue weighted by Gasteiger charge is 2.18. The Bertz CT molecular complexity index is 538. The van der Waals surface area contributed by atoms with E-state index in [1.165, 1.54) is 17.3 Å². The van der Waals surface area contributed by atoms with Crippen molar-refractivity contribution in [3.63, 3.8) is 0 Å². The number of halogens is 1. The van der Waals surface area contributed by atoms with Crippen LogP contribution >= 0.6 is 11.6 Å². The fourth-order valence-corrected chi connectivity index (χ4v) is 1.96. The summed E-state index contributed by atoms with van der Waals surface area (Å²) in [5.41, 5.74) is -0.112. The van der Waals surface area contributed by atoms with Crippen molar-refractivity contribution >= 4 is 17.5 Å². The first-order valence-electron chi connectivity index (χ1n) is 6.05. The summed E-state index contributed by atoms with van der Waals surface area (Å²) in [7, 11) is 0. The van der Waals surface area contributed by atoms with Crippen LogP contribution in [0.3, 0.4) is 0 Å². The number of aromatic nitrogens is 6. The van der Waals surface area contributed by atoms with E-state index in [1.807, 2.05) is 0 Å². The Hall–Kier alpha value is -1.76. The highest BCUT2D eigenvalue weighted by atomic mass is 35.5. The van der Waals surface area contributed by atoms with Gasteiger partial charge in [0.15, 0.2) is 0 Å². The van der Waals surface area contributed by atoms with Crippen molar-refractivity contribution in [2.75, 3.05) is 5.32 Å². The van der Waals surface area contributed by atoms with Gasteiger partial charge in [-0.2, -0.15) is 24.7 Å². The SMILES string of the molecule is CCCC(C)(C)Nc1nc(Cl)nc(-n2cncn2)n1. The molecule has 102 valence electrons. The fourth-order valence-electron chi connectivity index (χ4n) is 1.80. The Balaban J connectivity index is 2.27. The second-order valence-corrected chi connectivity index (χ2v) is 5.17. The molecule has 0 aromatic carbocycles. The molecule has 7 nitrogen and oxygen atoms in total. The summed E-state index contributed by atoms with van der Waals surface area (Å²) in [5.74, 6) is 0.774. The third kappa shape index (κ3) is 3.60. The molecular formula is C11H16ClN7. The third-order valence-electron chi connectivity index (χ3n) is 2.55. The second-order valence-electron chi connectivity index (χ2n) is 4.83. The van der Waals surface area contributed by atoms with E-state index in [1.54, 1.807) is 0 Å². The van der Waals surface area contributed by atoms with Crippen LogP contribution in [0.2, 0.25) is 5.28 Å². The molecule has 19 heavy (non-hydrogen) atoms. The zero-order valence-corrected chi connectivity index (χ0v) is 11.9. The van der Waals surface area contributed by atoms with Crippen LogP contribution in [0.15, 0.2) is 12.7 Å². The quantitative estimate of drug-likeness (QED) is 0.904. The van der Waals surface area contributed by atoms with Crippen molar-refractivity contribution in [1.82, 2.24) is 29.7 Å². The van der Waals surface area contributed by atoms with Gasteiger partial charge in [0, 0.05) is 5.54 Å². The molecular weight excluding hydrogens is 266 g/mol. The average Bonchev–Trinajstić information content (AvgIpc) is 2.80. The molecule has 0 aliphatic rings. The first kappa shape index (κ1) is 13.7. The molecule has 8 heteroatoms. The lowest BCUT2D eigenvalue weighted by atomic mass is 9.99. The van der Waals surface area contributed by atoms with Gasteiger partial charge in [-0.25, -0.2) is 4.98 Å². The van der Waals surface area contributed by atoms with E-state index in [4.69, 9.17) is 11.6 Å². The van der Waals surface area contributed by atoms with Gasteiger partial charge in [-0.1, -0.05) is 13.3 Å². The first-order valence-corrected chi connectivity index (χ1v) is 6.43. The molecule has 0 aliphatic carbocycles. The number of hydrogen-bond acceptors (Lipinski definition) is 6. The van der Waals surface area contributed by atoms with Crippen LogP contribution in [0.1, 0.15) is 33.6 Å². The van der Waals surface area contributed by atoms with Crippen LogP contribution in [0.5, 0.6) is 0 Å². The molecule has 0 saturated carbocycles. The average molecular weight is 282 g/mol. The lowest BCUT2D eigenvalue weighted by Gasteiger charge is -2.25. The zero-order valence-electron chi connectivity index (χ0n) is 11.1. The summed E-state index contributed by atoms with van der Waals surface area (Å²) in [6.07, 6.45) is 4.97. The van der Waals surface area contributed by atoms with Crippen LogP contribution in [-0.4, -0.2) is 35.3 Å². The number of nitrogens with one attached hydrogen (secondary N) is 1. The van der Waals surface area contributed by atoms with E-state index in [-0.39, 0.29) is 10.8 Å². The van der Waals surface area contributed by atoms with Crippen molar-refractivity contribution < 1.29 is 0 Å². The van der Waals surface area contributed by atoms with Gasteiger partial charge >= 0.3 is 0 Å². The largest absolute Gasteiger partial charge is 0.349 e. The second kappa shape index (κ2) is 5.48. The molecule has 0 unspecified atom stereocenters. The minimum atomic E-state index is -0.112. The van der Waals surface area contributed by atoms with Gasteiger partial charge in [-0.15, -0.1) is 0 Å². The van der Waals surface area contributed by atoms with Crippen LogP contribution in [0, 0.1) is 0 Å². The maximum atomic E-state index is 5.91. The summed E-state index contributed by atoms with van der Waals surface area (Å²) < 4.78 is 1.44. The van der Waals surface area contributed by atoms with E-state index < -0.39 is 0 Å². The molecule has 2 aromatic rings. The Labute approximate surface area is 116 Å². The molecule has 0 radical (unpaired) electrons. The van der Waals surface area contributed by atoms with Gasteiger partial charge in [0.1, 0.15) is 12.7 Å². The maximum absolute atomic E-state index is 5.91. The zero-order chi connectivity index (χ0) is 13.9. The molecule has 0 amide bonds. The van der Waals surface area contributed by atoms with Gasteiger partial charge in [0.05, 0.1) is 0 Å². The van der Waals surface area contributed by atoms with Crippen LogP contribution in [-0.2, 0) is 0 Å². The van der Waals surface area contributed by atoms with E-state index in [9.17, 15) is 0 Å². The lowest BCUT2D eigenvalue weighted by molar-refractivity contribution is 0.506. The molecule has 0 saturated heterocycles. The minimum absolute atomic E-state index is 0.112. The van der Waals surface area contributed by atoms with Crippen LogP contribution in [0.4, 0.5) is 5.95 Å². The summed E-state index contributed by atoms with van der Waals surface area (Å²) in [5, 5.41) is 7.34. The van der Waals surface area contributed by atoms with E-state index in [2.05, 4.69) is 51.1 Å². The lowest BCUT2D eigenvalue weighted by Crippen LogP contribution is -2.31. The van der Waals surface area contributed by atoms with E-state index >= 15 is 0 Å². The normalized spacial score (nSPS) is 11.6. The number of hydrogen-bond donors (Lipinski definition) is 1. The smallest absolute Gasteiger partial charge is 0.258 e. The summed E-state index contributed by atoms with van der Waals surface area (Å²) in [6, 6.07) is 0. The minimum Gasteiger partial charge on any atom is -0.349 e. The molecule has 2 aromatic heterocycles. The molecule has 0 spiro atoms. The van der Waals surface area contributed by atoms with Gasteiger partial charge in [-0.05, 0) is 31.9 Å². The standard InChI is InChI=1S/C11H16ClN7/c1-4-5-11(2,3)18-9-15-8(12)16-10(17-9)19-7-13-6-14-19/h6-7H,4-5H2,1-3H3,(H,15,16,17,18). The Morgan fingerprint density at radius 3 is 2.74 bits per heavy atom. The Morgan fingerprint density at radius 2 is 2.11 bits per heavy atom. The van der Waals surface area contributed by atoms with Gasteiger partial charge in [-0.3, -0.25) is 0 Å². The van der Waals surface area contributed by atoms with Crippen molar-refractivity contribution in [2.24, 2.45) is 0 Å². The highest BCUT2D eigenvalue weighted by Crippen LogP contribution is 2.18. The van der Waals surface area contributed by atoms with Gasteiger partial charge < -0.3 is 5.32 Å². The Morgan fingerprint density at radius 1 is 1.32 bits per heavy atom. The number of anilines is 1. The topological polar surface area (TPSA) is 81.4 Å². The highest BCUT2D eigenvalue weighted by molar-refractivity contribution is 6.28. The van der Waals surface area contributed by atoms with Crippen molar-refractivity contribution in [1.29, 1.82) is 0 Å². The van der Waals surface area contributed by atoms with Crippen LogP contribution < -0.4 is 5.32 Å². The summed E-state index contributed by atoms with van der Waals surface area (Å²) in [6.45, 7) is 6.30. The van der Waals surface area contributed by atoms with Crippen molar-refractivity contribution in [2.45, 2.75) is 39.2 Å². The van der Waals surface area contributed by atoms with Crippen molar-refractivity contribution in [3.05, 3.63) is 17.9 Å². The predicted molar refractivity (Wildman–Crippen MR) is 72.4 cm³/mol. The van der Waals surface area contributed by atoms with Gasteiger partial charge in [0.25, 0.3) is 5.95 Å². The molecule has 0 aliphatic heterocycles.